The van der Waals surface area contributed by atoms with Crippen molar-refractivity contribution in [2.24, 2.45) is 10.9 Å². The Morgan fingerprint density at radius 3 is 2.59 bits per heavy atom. The summed E-state index contributed by atoms with van der Waals surface area (Å²) in [4.78, 5) is 7.05. The van der Waals surface area contributed by atoms with E-state index in [1.54, 1.807) is 12.3 Å². The normalized spacial score (nSPS) is 22.0. The molecule has 3 unspecified atom stereocenters. The van der Waals surface area contributed by atoms with Crippen LogP contribution < -0.4 is 21.7 Å². The Kier molecular flexibility index (Phi) is 10.2. The molecule has 3 aliphatic heterocycles. The predicted molar refractivity (Wildman–Crippen MR) is 176 cm³/mol. The van der Waals surface area contributed by atoms with Crippen molar-refractivity contribution >= 4 is 46.5 Å². The van der Waals surface area contributed by atoms with Gasteiger partial charge in [-0.2, -0.15) is 5.26 Å². The second kappa shape index (κ2) is 13.9. The molecule has 0 spiro atoms. The number of ether oxygens (including phenoxy) is 1. The van der Waals surface area contributed by atoms with Crippen LogP contribution in [0.3, 0.4) is 0 Å². The number of nitriles is 1. The molecular weight excluding hydrogens is 600 g/mol. The fourth-order valence-electron chi connectivity index (χ4n) is 5.97. The molecule has 3 aliphatic rings. The molecule has 5 rings (SSSR count). The third-order valence-electron chi connectivity index (χ3n) is 8.54. The third-order valence-corrected chi connectivity index (χ3v) is 9.12. The van der Waals surface area contributed by atoms with Crippen molar-refractivity contribution in [3.05, 3.63) is 75.3 Å². The number of nitrogens with one attached hydrogen (secondary N) is 3. The van der Waals surface area contributed by atoms with Crippen LogP contribution in [0.2, 0.25) is 10.0 Å². The van der Waals surface area contributed by atoms with Crippen LogP contribution >= 0.6 is 23.2 Å². The average Bonchev–Trinajstić information content (AvgIpc) is 3.01. The van der Waals surface area contributed by atoms with Gasteiger partial charge in [0, 0.05) is 47.8 Å². The van der Waals surface area contributed by atoms with Gasteiger partial charge in [-0.25, -0.2) is 4.39 Å². The highest BCUT2D eigenvalue weighted by atomic mass is 35.5. The number of hydrogen-bond acceptors (Lipinski definition) is 7. The van der Waals surface area contributed by atoms with E-state index in [1.165, 1.54) is 17.7 Å². The highest BCUT2D eigenvalue weighted by molar-refractivity contribution is 6.33. The molecule has 3 atom stereocenters. The van der Waals surface area contributed by atoms with Gasteiger partial charge in [0.1, 0.15) is 23.5 Å². The molecule has 0 aliphatic carbocycles. The van der Waals surface area contributed by atoms with E-state index in [2.05, 4.69) is 64.5 Å². The Labute approximate surface area is 269 Å². The minimum atomic E-state index is -0.580. The number of benzene rings is 2. The van der Waals surface area contributed by atoms with E-state index in [0.29, 0.717) is 35.7 Å². The van der Waals surface area contributed by atoms with Gasteiger partial charge in [0.15, 0.2) is 0 Å². The molecule has 11 heteroatoms. The second-order valence-electron chi connectivity index (χ2n) is 12.6. The van der Waals surface area contributed by atoms with Gasteiger partial charge in [0.25, 0.3) is 0 Å². The lowest BCUT2D eigenvalue weighted by Crippen LogP contribution is -2.56. The largest absolute Gasteiger partial charge is 0.384 e. The van der Waals surface area contributed by atoms with Gasteiger partial charge >= 0.3 is 0 Å². The quantitative estimate of drug-likeness (QED) is 0.255. The molecule has 44 heavy (non-hydrogen) atoms. The number of anilines is 2. The second-order valence-corrected chi connectivity index (χ2v) is 13.4. The molecule has 0 aromatic heterocycles. The number of aliphatic imine (C=N–C) groups is 1. The molecule has 2 aromatic carbocycles. The van der Waals surface area contributed by atoms with Crippen LogP contribution in [-0.2, 0) is 4.74 Å². The van der Waals surface area contributed by atoms with Gasteiger partial charge in [-0.15, -0.1) is 0 Å². The Balaban J connectivity index is 1.40. The van der Waals surface area contributed by atoms with Crippen molar-refractivity contribution in [1.29, 1.82) is 5.26 Å². The van der Waals surface area contributed by atoms with Crippen molar-refractivity contribution in [3.8, 4) is 6.07 Å². The van der Waals surface area contributed by atoms with E-state index >= 15 is 0 Å². The van der Waals surface area contributed by atoms with E-state index in [1.807, 2.05) is 18.3 Å². The van der Waals surface area contributed by atoms with Crippen LogP contribution in [0.25, 0.3) is 0 Å². The number of fused-ring (bicyclic) bond motifs is 1. The topological polar surface area (TPSA) is 112 Å². The van der Waals surface area contributed by atoms with Crippen molar-refractivity contribution < 1.29 is 14.9 Å². The Morgan fingerprint density at radius 1 is 1.18 bits per heavy atom. The molecule has 0 amide bonds. The summed E-state index contributed by atoms with van der Waals surface area (Å²) in [7, 11) is 0. The molecule has 1 saturated heterocycles. The number of hydrogen-bond donors (Lipinski definition) is 4. The first kappa shape index (κ1) is 32.3. The lowest BCUT2D eigenvalue weighted by atomic mass is 9.90. The van der Waals surface area contributed by atoms with Gasteiger partial charge in [-0.3, -0.25) is 9.89 Å². The number of rotatable bonds is 8. The van der Waals surface area contributed by atoms with Crippen LogP contribution in [-0.4, -0.2) is 55.0 Å². The van der Waals surface area contributed by atoms with Crippen molar-refractivity contribution in [2.45, 2.75) is 63.7 Å². The number of quaternary nitrogens is 1. The summed E-state index contributed by atoms with van der Waals surface area (Å²) in [5.41, 5.74) is 9.45. The molecule has 0 saturated carbocycles. The standard InChI is InChI=1S/C33H40Cl2FN7O/c1-33(2,3)43-10-6-22(7-11-43)39-19-29(38)31(20-8-12-44-13-9-20)42-24-14-25-30(41-23-4-5-28(36)26(34)15-23)21(17-37)18-40-32(25)27(35)16-24/h4-5,8,14-16,18-19,21-22,30-31,39,41-42H,6-7,9-13,38H2,1-3H3/p+1. The first-order valence-electron chi connectivity index (χ1n) is 15.1. The van der Waals surface area contributed by atoms with Crippen LogP contribution in [0.4, 0.5) is 21.5 Å². The number of nitrogens with zero attached hydrogens (tertiary/aromatic N) is 3. The van der Waals surface area contributed by atoms with E-state index in [4.69, 9.17) is 27.9 Å². The maximum atomic E-state index is 13.8. The van der Waals surface area contributed by atoms with Crippen LogP contribution in [0.5, 0.6) is 0 Å². The summed E-state index contributed by atoms with van der Waals surface area (Å²) in [6, 6.07) is 10.3. The molecule has 0 radical (unpaired) electrons. The van der Waals surface area contributed by atoms with E-state index in [0.717, 1.165) is 49.3 Å². The maximum absolute atomic E-state index is 13.8. The zero-order valence-corrected chi connectivity index (χ0v) is 27.0. The van der Waals surface area contributed by atoms with Gasteiger partial charge in [-0.1, -0.05) is 29.3 Å². The lowest BCUT2D eigenvalue weighted by molar-refractivity contribution is -0.307. The Bertz CT molecular complexity index is 1490. The molecule has 1 fully saturated rings. The third kappa shape index (κ3) is 7.56. The van der Waals surface area contributed by atoms with Crippen molar-refractivity contribution in [2.75, 3.05) is 36.9 Å². The zero-order valence-electron chi connectivity index (χ0n) is 25.5. The van der Waals surface area contributed by atoms with Gasteiger partial charge in [-0.05, 0) is 75.9 Å². The summed E-state index contributed by atoms with van der Waals surface area (Å²) in [6.45, 7) is 10.1. The van der Waals surface area contributed by atoms with Crippen LogP contribution in [0.1, 0.15) is 51.6 Å². The van der Waals surface area contributed by atoms with E-state index < -0.39 is 17.8 Å². The first-order valence-corrected chi connectivity index (χ1v) is 15.8. The molecule has 0 bridgehead atoms. The zero-order chi connectivity index (χ0) is 31.4. The minimum Gasteiger partial charge on any atom is -0.384 e. The van der Waals surface area contributed by atoms with Gasteiger partial charge < -0.3 is 26.4 Å². The number of piperidine rings is 1. The fourth-order valence-corrected chi connectivity index (χ4v) is 6.43. The maximum Gasteiger partial charge on any atom is 0.147 e. The highest BCUT2D eigenvalue weighted by Gasteiger charge is 2.31. The van der Waals surface area contributed by atoms with E-state index in [9.17, 15) is 9.65 Å². The smallest absolute Gasteiger partial charge is 0.147 e. The summed E-state index contributed by atoms with van der Waals surface area (Å²) in [5, 5.41) is 21.1. The Hall–Kier alpha value is -3.13. The number of likely N-dealkylation sites (tertiary alicyclic amines) is 1. The molecule has 3 heterocycles. The summed E-state index contributed by atoms with van der Waals surface area (Å²) >= 11 is 12.8. The van der Waals surface area contributed by atoms with Gasteiger partial charge in [0.2, 0.25) is 0 Å². The molecule has 6 N–H and O–H groups in total. The molecule has 234 valence electrons. The fraction of sp³-hybridized carbons (Fsp3) is 0.455. The lowest BCUT2D eigenvalue weighted by Gasteiger charge is -2.41. The van der Waals surface area contributed by atoms with Crippen LogP contribution in [0.15, 0.2) is 58.9 Å². The average molecular weight is 642 g/mol. The number of halogens is 3. The van der Waals surface area contributed by atoms with Crippen LogP contribution in [0, 0.1) is 23.1 Å². The molecule has 8 nitrogen and oxygen atoms in total. The van der Waals surface area contributed by atoms with Crippen molar-refractivity contribution in [1.82, 2.24) is 10.2 Å². The monoisotopic (exact) mass is 640 g/mol. The first-order chi connectivity index (χ1) is 21.0. The SMILES string of the molecule is CC(C)(C)N1CCC(NC=C([NH3+])C(Nc2cc(Cl)c3c(c2)C(Nc2ccc(F)c(Cl)c2)C(C#N)C=N3)C2=CCOCC2)CC1. The Morgan fingerprint density at radius 2 is 1.93 bits per heavy atom. The molecule has 2 aromatic rings. The summed E-state index contributed by atoms with van der Waals surface area (Å²) in [6.07, 6.45) is 8.68. The predicted octanol–water partition coefficient (Wildman–Crippen LogP) is 6.20. The van der Waals surface area contributed by atoms with Gasteiger partial charge in [0.05, 0.1) is 47.3 Å². The summed E-state index contributed by atoms with van der Waals surface area (Å²) < 4.78 is 19.4. The van der Waals surface area contributed by atoms with E-state index in [-0.39, 0.29) is 16.6 Å². The highest BCUT2D eigenvalue weighted by Crippen LogP contribution is 2.43. The molecular formula is C33H41Cl2FN7O+. The minimum absolute atomic E-state index is 0.00244. The summed E-state index contributed by atoms with van der Waals surface area (Å²) in [5.74, 6) is -1.09. The van der Waals surface area contributed by atoms with Crippen molar-refractivity contribution in [3.63, 3.8) is 0 Å².